The number of phosphoric ester groups is 1. The Kier molecular flexibility index (Phi) is 79.5. The molecule has 0 spiro atoms. The molecule has 594 valence electrons. The minimum Gasteiger partial charge on any atom is -0.756 e. The van der Waals surface area contributed by atoms with Crippen molar-refractivity contribution in [3.05, 3.63) is 97.2 Å². The van der Waals surface area contributed by atoms with E-state index >= 15 is 0 Å². The van der Waals surface area contributed by atoms with Crippen LogP contribution in [0.25, 0.3) is 0 Å². The fourth-order valence-electron chi connectivity index (χ4n) is 13.0. The second-order valence-electron chi connectivity index (χ2n) is 30.9. The smallest absolute Gasteiger partial charge is 0.306 e. The highest BCUT2D eigenvalue weighted by atomic mass is 31.2. The second kappa shape index (κ2) is 82.0. The Morgan fingerprint density at radius 1 is 0.314 bits per heavy atom. The molecule has 10 heteroatoms. The Balaban J connectivity index is 3.90. The standard InChI is InChI=1S/C92H168NO8P/c1-6-8-10-12-14-16-18-20-22-24-26-28-30-32-34-36-38-40-42-44-45-46-47-49-51-53-55-57-59-61-63-65-67-69-71-73-75-77-79-81-83-85-92(95)101-90(89-100-102(96,97)99-87-86-93(3,4)5)88-98-91(94)84-82-80-78-76-74-72-70-68-66-64-62-60-58-56-54-52-50-48-43-41-39-37-35-33-31-29-27-25-23-21-19-17-15-13-11-9-7-2/h8,10,14,16,20,22,26,28,32,34,38,40,44-45,47,49,90H,6-7,9,11-13,15,17-19,21,23-25,27,29-31,33,35-37,39,41-43,46,48,50-89H2,1-5H3/b10-8-,16-14-,22-20-,28-26-,34-32-,40-38-,45-44-,49-47-. The summed E-state index contributed by atoms with van der Waals surface area (Å²) in [5.74, 6) is -0.814. The Morgan fingerprint density at radius 2 is 0.559 bits per heavy atom. The van der Waals surface area contributed by atoms with Gasteiger partial charge in [-0.05, 0) is 77.0 Å². The second-order valence-corrected chi connectivity index (χ2v) is 32.3. The van der Waals surface area contributed by atoms with Gasteiger partial charge in [-0.15, -0.1) is 0 Å². The predicted octanol–water partition coefficient (Wildman–Crippen LogP) is 29.1. The Hall–Kier alpha value is -3.07. The number of carbonyl (C=O) groups is 2. The first-order valence-electron chi connectivity index (χ1n) is 43.9. The molecule has 0 aliphatic carbocycles. The van der Waals surface area contributed by atoms with Gasteiger partial charge in [0.1, 0.15) is 19.8 Å². The Labute approximate surface area is 634 Å². The molecule has 0 rings (SSSR count). The minimum atomic E-state index is -4.65. The van der Waals surface area contributed by atoms with Gasteiger partial charge in [0.15, 0.2) is 6.10 Å². The molecule has 0 radical (unpaired) electrons. The first kappa shape index (κ1) is 98.9. The molecule has 0 N–H and O–H groups in total. The lowest BCUT2D eigenvalue weighted by Gasteiger charge is -2.28. The lowest BCUT2D eigenvalue weighted by atomic mass is 10.0. The zero-order valence-corrected chi connectivity index (χ0v) is 69.0. The summed E-state index contributed by atoms with van der Waals surface area (Å²) in [4.78, 5) is 38.3. The number of carbonyl (C=O) groups excluding carboxylic acids is 2. The summed E-state index contributed by atoms with van der Waals surface area (Å²) in [5, 5.41) is 0. The summed E-state index contributed by atoms with van der Waals surface area (Å²) in [5.41, 5.74) is 0. The fraction of sp³-hybridized carbons (Fsp3) is 0.804. The van der Waals surface area contributed by atoms with Gasteiger partial charge in [0.05, 0.1) is 27.7 Å². The van der Waals surface area contributed by atoms with E-state index in [1.165, 1.54) is 302 Å². The molecular formula is C92H168NO8P. The lowest BCUT2D eigenvalue weighted by molar-refractivity contribution is -0.870. The van der Waals surface area contributed by atoms with Crippen molar-refractivity contribution in [2.75, 3.05) is 47.5 Å². The van der Waals surface area contributed by atoms with Crippen LogP contribution in [0.4, 0.5) is 0 Å². The maximum absolute atomic E-state index is 12.9. The first-order valence-corrected chi connectivity index (χ1v) is 45.4. The molecule has 0 amide bonds. The molecule has 0 bridgehead atoms. The van der Waals surface area contributed by atoms with Gasteiger partial charge in [-0.25, -0.2) is 0 Å². The molecule has 2 atom stereocenters. The summed E-state index contributed by atoms with van der Waals surface area (Å²) in [6, 6.07) is 0. The van der Waals surface area contributed by atoms with Crippen molar-refractivity contribution < 1.29 is 42.1 Å². The van der Waals surface area contributed by atoms with Crippen LogP contribution in [0.1, 0.15) is 425 Å². The number of likely N-dealkylation sites (N-methyl/N-ethyl adjacent to an activating group) is 1. The van der Waals surface area contributed by atoms with E-state index in [9.17, 15) is 19.0 Å². The highest BCUT2D eigenvalue weighted by molar-refractivity contribution is 7.45. The van der Waals surface area contributed by atoms with Crippen LogP contribution in [-0.2, 0) is 32.7 Å². The monoisotopic (exact) mass is 1450 g/mol. The van der Waals surface area contributed by atoms with E-state index in [1.54, 1.807) is 0 Å². The van der Waals surface area contributed by atoms with Crippen LogP contribution in [0.3, 0.4) is 0 Å². The van der Waals surface area contributed by atoms with Crippen molar-refractivity contribution in [1.29, 1.82) is 0 Å². The van der Waals surface area contributed by atoms with Crippen LogP contribution in [-0.4, -0.2) is 70.0 Å². The molecule has 0 saturated heterocycles. The van der Waals surface area contributed by atoms with Gasteiger partial charge in [0, 0.05) is 12.8 Å². The number of nitrogens with zero attached hydrogens (tertiary/aromatic N) is 1. The number of unbranched alkanes of at least 4 members (excludes halogenated alkanes) is 52. The van der Waals surface area contributed by atoms with Crippen molar-refractivity contribution in [3.63, 3.8) is 0 Å². The van der Waals surface area contributed by atoms with Gasteiger partial charge >= 0.3 is 11.9 Å². The molecule has 0 aliphatic heterocycles. The molecule has 0 heterocycles. The van der Waals surface area contributed by atoms with Crippen molar-refractivity contribution in [3.8, 4) is 0 Å². The van der Waals surface area contributed by atoms with Crippen LogP contribution in [0, 0.1) is 0 Å². The van der Waals surface area contributed by atoms with E-state index < -0.39 is 26.5 Å². The third kappa shape index (κ3) is 85.9. The first-order chi connectivity index (χ1) is 50.0. The zero-order valence-electron chi connectivity index (χ0n) is 68.1. The molecule has 2 unspecified atom stereocenters. The highest BCUT2D eigenvalue weighted by Crippen LogP contribution is 2.38. The molecular weight excluding hydrogens is 1280 g/mol. The number of allylic oxidation sites excluding steroid dienone is 16. The van der Waals surface area contributed by atoms with E-state index in [0.717, 1.165) is 89.9 Å². The van der Waals surface area contributed by atoms with Crippen molar-refractivity contribution in [2.24, 2.45) is 0 Å². The van der Waals surface area contributed by atoms with Crippen LogP contribution in [0.5, 0.6) is 0 Å². The van der Waals surface area contributed by atoms with Gasteiger partial charge < -0.3 is 27.9 Å². The number of rotatable bonds is 82. The van der Waals surface area contributed by atoms with E-state index in [2.05, 4.69) is 111 Å². The van der Waals surface area contributed by atoms with Gasteiger partial charge in [-0.1, -0.05) is 432 Å². The van der Waals surface area contributed by atoms with Gasteiger partial charge in [-0.3, -0.25) is 14.2 Å². The van der Waals surface area contributed by atoms with Crippen LogP contribution in [0.2, 0.25) is 0 Å². The number of hydrogen-bond donors (Lipinski definition) is 0. The van der Waals surface area contributed by atoms with Gasteiger partial charge in [0.2, 0.25) is 0 Å². The zero-order chi connectivity index (χ0) is 74.0. The van der Waals surface area contributed by atoms with Crippen molar-refractivity contribution in [2.45, 2.75) is 431 Å². The maximum atomic E-state index is 12.9. The third-order valence-corrected chi connectivity index (χ3v) is 20.6. The van der Waals surface area contributed by atoms with Gasteiger partial charge in [-0.2, -0.15) is 0 Å². The summed E-state index contributed by atoms with van der Waals surface area (Å²) < 4.78 is 34.5. The number of hydrogen-bond acceptors (Lipinski definition) is 8. The topological polar surface area (TPSA) is 111 Å². The Morgan fingerprint density at radius 3 is 0.833 bits per heavy atom. The van der Waals surface area contributed by atoms with E-state index in [0.29, 0.717) is 17.4 Å². The normalized spacial score (nSPS) is 13.4. The maximum Gasteiger partial charge on any atom is 0.306 e. The third-order valence-electron chi connectivity index (χ3n) is 19.6. The molecule has 0 aromatic heterocycles. The molecule has 102 heavy (non-hydrogen) atoms. The molecule has 0 saturated carbocycles. The number of quaternary nitrogens is 1. The average molecular weight is 1450 g/mol. The van der Waals surface area contributed by atoms with E-state index in [-0.39, 0.29) is 32.0 Å². The van der Waals surface area contributed by atoms with Crippen LogP contribution in [0.15, 0.2) is 97.2 Å². The average Bonchev–Trinajstić information content (AvgIpc) is 0.916. The van der Waals surface area contributed by atoms with Gasteiger partial charge in [0.25, 0.3) is 7.82 Å². The predicted molar refractivity (Wildman–Crippen MR) is 443 cm³/mol. The van der Waals surface area contributed by atoms with Crippen molar-refractivity contribution >= 4 is 19.8 Å². The minimum absolute atomic E-state index is 0.0306. The molecule has 0 fully saturated rings. The number of esters is 2. The number of phosphoric acid groups is 1. The summed E-state index contributed by atoms with van der Waals surface area (Å²) in [6.07, 6.45) is 116. The van der Waals surface area contributed by atoms with Crippen LogP contribution < -0.4 is 4.89 Å². The largest absolute Gasteiger partial charge is 0.756 e. The molecule has 9 nitrogen and oxygen atoms in total. The fourth-order valence-corrected chi connectivity index (χ4v) is 13.7. The van der Waals surface area contributed by atoms with E-state index in [4.69, 9.17) is 18.5 Å². The van der Waals surface area contributed by atoms with Crippen LogP contribution >= 0.6 is 7.82 Å². The summed E-state index contributed by atoms with van der Waals surface area (Å²) in [7, 11) is 1.18. The Bertz CT molecular complexity index is 2050. The summed E-state index contributed by atoms with van der Waals surface area (Å²) >= 11 is 0. The highest BCUT2D eigenvalue weighted by Gasteiger charge is 2.22. The molecule has 0 aromatic carbocycles. The van der Waals surface area contributed by atoms with Crippen molar-refractivity contribution in [1.82, 2.24) is 0 Å². The molecule has 0 aliphatic rings. The van der Waals surface area contributed by atoms with E-state index in [1.807, 2.05) is 21.1 Å². The quantitative estimate of drug-likeness (QED) is 0.0195. The SMILES string of the molecule is CC/C=C\C/C=C\C/C=C\C/C=C\C/C=C\C/C=C\C/C=C\C/C=C\CCCCCCCCCCCCCCCCCCC(=O)OC(COC(=O)CCCCCCCCCCCCCCCCCCCCCCCCCCCCCCCCCCCCCCC)COP(=O)([O-])OCC[N+](C)(C)C. The summed E-state index contributed by atoms with van der Waals surface area (Å²) in [6.45, 7) is 4.19. The molecule has 0 aromatic rings. The number of ether oxygens (including phenoxy) is 2. The lowest BCUT2D eigenvalue weighted by Crippen LogP contribution is -2.37.